The highest BCUT2D eigenvalue weighted by Gasteiger charge is 2.37. The molecule has 1 aliphatic carbocycles. The van der Waals surface area contributed by atoms with E-state index in [1.54, 1.807) is 0 Å². The Bertz CT molecular complexity index is 1060. The highest BCUT2D eigenvalue weighted by atomic mass is 79.9. The van der Waals surface area contributed by atoms with Crippen LogP contribution in [0.1, 0.15) is 50.8 Å². The molecule has 166 valence electrons. The number of rotatable bonds is 8. The molecule has 3 heterocycles. The first-order chi connectivity index (χ1) is 14.6. The zero-order valence-corrected chi connectivity index (χ0v) is 21.8. The Hall–Kier alpha value is -1.70. The van der Waals surface area contributed by atoms with Crippen LogP contribution >= 0.6 is 15.9 Å². The third-order valence-corrected chi connectivity index (χ3v) is 11.6. The van der Waals surface area contributed by atoms with Gasteiger partial charge in [-0.1, -0.05) is 26.8 Å². The SMILES string of the molecule is CC(C)(C)[Si](C)(C)OCCN(Cc1cn2cc(C3CC3)ccc2n1)c1ccnc(Br)c1. The zero-order chi connectivity index (χ0) is 22.2. The van der Waals surface area contributed by atoms with E-state index in [1.165, 1.54) is 18.4 Å². The number of fused-ring (bicyclic) bond motifs is 1. The third-order valence-electron chi connectivity index (χ3n) is 6.63. The lowest BCUT2D eigenvalue weighted by molar-refractivity contribution is 0.293. The molecule has 0 unspecified atom stereocenters. The minimum Gasteiger partial charge on any atom is -0.415 e. The summed E-state index contributed by atoms with van der Waals surface area (Å²) in [6.45, 7) is 13.7. The van der Waals surface area contributed by atoms with Gasteiger partial charge in [0.2, 0.25) is 0 Å². The van der Waals surface area contributed by atoms with E-state index in [0.717, 1.165) is 40.6 Å². The predicted octanol–water partition coefficient (Wildman–Crippen LogP) is 6.40. The number of halogens is 1. The monoisotopic (exact) mass is 500 g/mol. The van der Waals surface area contributed by atoms with Gasteiger partial charge in [0.1, 0.15) is 10.3 Å². The van der Waals surface area contributed by atoms with Crippen molar-refractivity contribution in [1.29, 1.82) is 0 Å². The molecular formula is C24H33BrN4OSi. The van der Waals surface area contributed by atoms with Gasteiger partial charge in [-0.25, -0.2) is 9.97 Å². The third kappa shape index (κ3) is 5.38. The molecule has 0 N–H and O–H groups in total. The van der Waals surface area contributed by atoms with E-state index < -0.39 is 8.32 Å². The lowest BCUT2D eigenvalue weighted by Crippen LogP contribution is -2.42. The van der Waals surface area contributed by atoms with E-state index in [1.807, 2.05) is 6.20 Å². The van der Waals surface area contributed by atoms with Crippen LogP contribution in [0.4, 0.5) is 5.69 Å². The van der Waals surface area contributed by atoms with Gasteiger partial charge in [-0.3, -0.25) is 0 Å². The second-order valence-corrected chi connectivity index (χ2v) is 15.7. The fourth-order valence-corrected chi connectivity index (χ4v) is 4.89. The number of aromatic nitrogens is 3. The first kappa shape index (κ1) is 22.5. The van der Waals surface area contributed by atoms with Gasteiger partial charge in [0.25, 0.3) is 0 Å². The van der Waals surface area contributed by atoms with Crippen molar-refractivity contribution >= 4 is 35.6 Å². The predicted molar refractivity (Wildman–Crippen MR) is 133 cm³/mol. The summed E-state index contributed by atoms with van der Waals surface area (Å²) in [7, 11) is -1.78. The van der Waals surface area contributed by atoms with Crippen molar-refractivity contribution in [2.75, 3.05) is 18.1 Å². The van der Waals surface area contributed by atoms with Gasteiger partial charge in [-0.15, -0.1) is 0 Å². The average Bonchev–Trinajstić information content (AvgIpc) is 3.46. The molecule has 4 rings (SSSR count). The second-order valence-electron chi connectivity index (χ2n) is 10.1. The van der Waals surface area contributed by atoms with Crippen LogP contribution in [0.5, 0.6) is 0 Å². The van der Waals surface area contributed by atoms with Crippen molar-refractivity contribution in [3.63, 3.8) is 0 Å². The highest BCUT2D eigenvalue weighted by molar-refractivity contribution is 9.10. The van der Waals surface area contributed by atoms with Gasteiger partial charge in [-0.05, 0) is 76.6 Å². The van der Waals surface area contributed by atoms with Crippen LogP contribution in [0, 0.1) is 0 Å². The smallest absolute Gasteiger partial charge is 0.192 e. The van der Waals surface area contributed by atoms with Gasteiger partial charge in [0.05, 0.1) is 18.8 Å². The molecule has 0 bridgehead atoms. The highest BCUT2D eigenvalue weighted by Crippen LogP contribution is 2.40. The molecule has 3 aromatic rings. The van der Waals surface area contributed by atoms with Gasteiger partial charge in [0, 0.05) is 30.8 Å². The molecule has 3 aromatic heterocycles. The molecule has 1 aliphatic rings. The van der Waals surface area contributed by atoms with Crippen LogP contribution in [0.25, 0.3) is 5.65 Å². The lowest BCUT2D eigenvalue weighted by atomic mass is 10.2. The molecule has 1 saturated carbocycles. The second kappa shape index (κ2) is 8.68. The average molecular weight is 502 g/mol. The Morgan fingerprint density at radius 1 is 1.19 bits per heavy atom. The molecule has 0 spiro atoms. The number of nitrogens with zero attached hydrogens (tertiary/aromatic N) is 4. The van der Waals surface area contributed by atoms with Gasteiger partial charge < -0.3 is 13.7 Å². The fourth-order valence-electron chi connectivity index (χ4n) is 3.51. The van der Waals surface area contributed by atoms with Gasteiger partial charge in [-0.2, -0.15) is 0 Å². The molecule has 7 heteroatoms. The Morgan fingerprint density at radius 3 is 2.65 bits per heavy atom. The molecule has 0 radical (unpaired) electrons. The summed E-state index contributed by atoms with van der Waals surface area (Å²) in [5, 5.41) is 0.207. The van der Waals surface area contributed by atoms with Crippen LogP contribution < -0.4 is 4.90 Å². The summed E-state index contributed by atoms with van der Waals surface area (Å²) in [6, 6.07) is 8.49. The molecule has 0 amide bonds. The summed E-state index contributed by atoms with van der Waals surface area (Å²) in [4.78, 5) is 11.5. The maximum absolute atomic E-state index is 6.47. The number of hydrogen-bond acceptors (Lipinski definition) is 4. The first-order valence-corrected chi connectivity index (χ1v) is 14.8. The lowest BCUT2D eigenvalue weighted by Gasteiger charge is -2.37. The Kier molecular flexibility index (Phi) is 6.29. The largest absolute Gasteiger partial charge is 0.415 e. The molecule has 31 heavy (non-hydrogen) atoms. The minimum absolute atomic E-state index is 0.207. The maximum atomic E-state index is 6.47. The van der Waals surface area contributed by atoms with Crippen molar-refractivity contribution in [1.82, 2.24) is 14.4 Å². The molecule has 0 atom stereocenters. The summed E-state index contributed by atoms with van der Waals surface area (Å²) in [5.74, 6) is 0.744. The van der Waals surface area contributed by atoms with Crippen molar-refractivity contribution in [3.05, 3.63) is 58.7 Å². The molecule has 0 aliphatic heterocycles. The zero-order valence-electron chi connectivity index (χ0n) is 19.2. The quantitative estimate of drug-likeness (QED) is 0.265. The Labute approximate surface area is 195 Å². The van der Waals surface area contributed by atoms with Crippen LogP contribution in [0.3, 0.4) is 0 Å². The standard InChI is InChI=1S/C24H33BrN4OSi/c1-24(2,3)31(4,5)30-13-12-28(21-10-11-26-22(25)14-21)16-20-17-29-15-19(18-6-7-18)8-9-23(29)27-20/h8-11,14-15,17-18H,6-7,12-13,16H2,1-5H3. The van der Waals surface area contributed by atoms with E-state index in [4.69, 9.17) is 9.41 Å². The van der Waals surface area contributed by atoms with Crippen LogP contribution in [-0.2, 0) is 11.0 Å². The van der Waals surface area contributed by atoms with Crippen molar-refractivity contribution in [2.24, 2.45) is 0 Å². The number of pyridine rings is 2. The Morgan fingerprint density at radius 2 is 1.97 bits per heavy atom. The molecule has 0 aromatic carbocycles. The van der Waals surface area contributed by atoms with E-state index >= 15 is 0 Å². The minimum atomic E-state index is -1.78. The fraction of sp³-hybridized carbons (Fsp3) is 0.500. The van der Waals surface area contributed by atoms with Crippen LogP contribution in [0.15, 0.2) is 47.5 Å². The van der Waals surface area contributed by atoms with Gasteiger partial charge >= 0.3 is 0 Å². The van der Waals surface area contributed by atoms with Gasteiger partial charge in [0.15, 0.2) is 8.32 Å². The topological polar surface area (TPSA) is 42.7 Å². The Balaban J connectivity index is 1.52. The number of anilines is 1. The van der Waals surface area contributed by atoms with E-state index in [0.29, 0.717) is 6.61 Å². The molecule has 5 nitrogen and oxygen atoms in total. The number of hydrogen-bond donors (Lipinski definition) is 0. The van der Waals surface area contributed by atoms with Crippen molar-refractivity contribution < 1.29 is 4.43 Å². The number of imidazole rings is 1. The molecule has 0 saturated heterocycles. The first-order valence-electron chi connectivity index (χ1n) is 11.1. The summed E-state index contributed by atoms with van der Waals surface area (Å²) in [6.07, 6.45) is 8.88. The summed E-state index contributed by atoms with van der Waals surface area (Å²) in [5.41, 5.74) is 4.62. The van der Waals surface area contributed by atoms with E-state index in [9.17, 15) is 0 Å². The maximum Gasteiger partial charge on any atom is 0.192 e. The van der Waals surface area contributed by atoms with Crippen LogP contribution in [0.2, 0.25) is 18.1 Å². The van der Waals surface area contributed by atoms with Crippen LogP contribution in [-0.4, -0.2) is 35.8 Å². The molecule has 1 fully saturated rings. The summed E-state index contributed by atoms with van der Waals surface area (Å²) < 4.78 is 9.48. The summed E-state index contributed by atoms with van der Waals surface area (Å²) >= 11 is 3.52. The van der Waals surface area contributed by atoms with E-state index in [-0.39, 0.29) is 5.04 Å². The van der Waals surface area contributed by atoms with Crippen molar-refractivity contribution in [3.8, 4) is 0 Å². The van der Waals surface area contributed by atoms with E-state index in [2.05, 4.69) is 101 Å². The normalized spacial score (nSPS) is 14.9. The van der Waals surface area contributed by atoms with Crippen molar-refractivity contribution in [2.45, 2.75) is 64.2 Å². The molecular weight excluding hydrogens is 468 g/mol.